The van der Waals surface area contributed by atoms with Gasteiger partial charge in [-0.15, -0.1) is 0 Å². The van der Waals surface area contributed by atoms with E-state index in [4.69, 9.17) is 4.74 Å². The average molecular weight is 338 g/mol. The normalized spacial score (nSPS) is 28.1. The highest BCUT2D eigenvalue weighted by atomic mass is 16.5. The number of allylic oxidation sites excluding steroid dienone is 3. The fraction of sp³-hybridized carbons (Fsp3) is 0.800. The lowest BCUT2D eigenvalue weighted by Gasteiger charge is -2.65. The van der Waals surface area contributed by atoms with Gasteiger partial charge in [0.1, 0.15) is 11.9 Å². The molecule has 24 heavy (non-hydrogen) atoms. The SMILES string of the molecule is CC1=CC(C(C)(C)C)=C2OC(C(CO)(CO)CO)C2(C(C)(C)C)C1. The molecule has 1 fully saturated rings. The fourth-order valence-electron chi connectivity index (χ4n) is 4.27. The van der Waals surface area contributed by atoms with Crippen molar-refractivity contribution >= 4 is 0 Å². The minimum absolute atomic E-state index is 0.0568. The zero-order chi connectivity index (χ0) is 18.6. The molecule has 0 aromatic rings. The Balaban J connectivity index is 2.68. The number of ether oxygens (including phenoxy) is 1. The van der Waals surface area contributed by atoms with Crippen LogP contribution in [0, 0.1) is 21.7 Å². The molecule has 0 aromatic carbocycles. The van der Waals surface area contributed by atoms with Gasteiger partial charge in [0.2, 0.25) is 0 Å². The van der Waals surface area contributed by atoms with Gasteiger partial charge in [0.05, 0.1) is 30.7 Å². The summed E-state index contributed by atoms with van der Waals surface area (Å²) in [5.74, 6) is 0.970. The Morgan fingerprint density at radius 2 is 1.54 bits per heavy atom. The Hall–Kier alpha value is -0.840. The largest absolute Gasteiger partial charge is 0.492 e. The molecule has 1 saturated heterocycles. The molecule has 1 aliphatic carbocycles. The van der Waals surface area contributed by atoms with Gasteiger partial charge in [-0.1, -0.05) is 53.2 Å². The van der Waals surface area contributed by atoms with E-state index in [1.54, 1.807) is 0 Å². The summed E-state index contributed by atoms with van der Waals surface area (Å²) in [5, 5.41) is 29.8. The van der Waals surface area contributed by atoms with E-state index in [2.05, 4.69) is 54.5 Å². The molecule has 2 rings (SSSR count). The van der Waals surface area contributed by atoms with Crippen molar-refractivity contribution in [3.05, 3.63) is 23.0 Å². The minimum atomic E-state index is -1.04. The summed E-state index contributed by atoms with van der Waals surface area (Å²) in [6.07, 6.45) is 2.62. The quantitative estimate of drug-likeness (QED) is 0.737. The summed E-state index contributed by atoms with van der Waals surface area (Å²) >= 11 is 0. The maximum absolute atomic E-state index is 9.94. The van der Waals surface area contributed by atoms with Gasteiger partial charge in [-0.05, 0) is 29.7 Å². The van der Waals surface area contributed by atoms with Crippen LogP contribution < -0.4 is 0 Å². The molecular weight excluding hydrogens is 304 g/mol. The summed E-state index contributed by atoms with van der Waals surface area (Å²) < 4.78 is 6.25. The highest BCUT2D eigenvalue weighted by Gasteiger charge is 2.68. The van der Waals surface area contributed by atoms with Crippen molar-refractivity contribution in [2.75, 3.05) is 19.8 Å². The van der Waals surface area contributed by atoms with E-state index in [9.17, 15) is 15.3 Å². The van der Waals surface area contributed by atoms with E-state index >= 15 is 0 Å². The number of aliphatic hydroxyl groups excluding tert-OH is 3. The lowest BCUT2D eigenvalue weighted by molar-refractivity contribution is -0.251. The number of hydrogen-bond donors (Lipinski definition) is 3. The molecule has 0 bridgehead atoms. The third-order valence-corrected chi connectivity index (χ3v) is 5.93. The Kier molecular flexibility index (Phi) is 4.75. The van der Waals surface area contributed by atoms with Gasteiger partial charge in [0.15, 0.2) is 0 Å². The molecule has 0 saturated carbocycles. The zero-order valence-corrected chi connectivity index (χ0v) is 16.2. The van der Waals surface area contributed by atoms with Crippen molar-refractivity contribution in [3.8, 4) is 0 Å². The molecule has 2 aliphatic rings. The van der Waals surface area contributed by atoms with E-state index < -0.39 is 11.5 Å². The Morgan fingerprint density at radius 3 is 1.92 bits per heavy atom. The van der Waals surface area contributed by atoms with Crippen LogP contribution in [0.1, 0.15) is 54.9 Å². The molecule has 138 valence electrons. The first-order valence-electron chi connectivity index (χ1n) is 8.81. The Morgan fingerprint density at radius 1 is 1.04 bits per heavy atom. The molecule has 0 aromatic heterocycles. The summed E-state index contributed by atoms with van der Waals surface area (Å²) in [4.78, 5) is 0. The van der Waals surface area contributed by atoms with Crippen LogP contribution in [0.4, 0.5) is 0 Å². The van der Waals surface area contributed by atoms with Gasteiger partial charge >= 0.3 is 0 Å². The van der Waals surface area contributed by atoms with E-state index in [1.807, 2.05) is 0 Å². The maximum atomic E-state index is 9.94. The molecule has 0 amide bonds. The first kappa shape index (κ1) is 19.5. The number of rotatable bonds is 4. The van der Waals surface area contributed by atoms with Crippen molar-refractivity contribution in [3.63, 3.8) is 0 Å². The van der Waals surface area contributed by atoms with Crippen LogP contribution in [0.15, 0.2) is 23.0 Å². The lowest BCUT2D eigenvalue weighted by atomic mass is 9.48. The first-order valence-corrected chi connectivity index (χ1v) is 8.81. The van der Waals surface area contributed by atoms with Gasteiger partial charge < -0.3 is 20.1 Å². The van der Waals surface area contributed by atoms with Crippen molar-refractivity contribution in [1.29, 1.82) is 0 Å². The Labute approximate surface area is 146 Å². The molecule has 4 heteroatoms. The van der Waals surface area contributed by atoms with Gasteiger partial charge in [-0.25, -0.2) is 0 Å². The van der Waals surface area contributed by atoms with Crippen LogP contribution >= 0.6 is 0 Å². The highest BCUT2D eigenvalue weighted by molar-refractivity contribution is 5.45. The summed E-state index contributed by atoms with van der Waals surface area (Å²) in [7, 11) is 0. The molecule has 2 unspecified atom stereocenters. The number of fused-ring (bicyclic) bond motifs is 1. The van der Waals surface area contributed by atoms with Crippen molar-refractivity contribution in [1.82, 2.24) is 0 Å². The van der Waals surface area contributed by atoms with Crippen molar-refractivity contribution < 1.29 is 20.1 Å². The van der Waals surface area contributed by atoms with Gasteiger partial charge in [0, 0.05) is 0 Å². The molecule has 1 heterocycles. The number of aliphatic hydroxyl groups is 3. The summed E-state index contributed by atoms with van der Waals surface area (Å²) in [5.41, 5.74) is 0.885. The molecule has 4 nitrogen and oxygen atoms in total. The maximum Gasteiger partial charge on any atom is 0.124 e. The second kappa shape index (κ2) is 5.86. The van der Waals surface area contributed by atoms with Gasteiger partial charge in [0.25, 0.3) is 0 Å². The van der Waals surface area contributed by atoms with Crippen LogP contribution in [0.5, 0.6) is 0 Å². The second-order valence-corrected chi connectivity index (χ2v) is 9.72. The van der Waals surface area contributed by atoms with Crippen LogP contribution in [0.2, 0.25) is 0 Å². The molecule has 0 spiro atoms. The summed E-state index contributed by atoms with van der Waals surface area (Å²) in [6.45, 7) is 14.3. The summed E-state index contributed by atoms with van der Waals surface area (Å²) in [6, 6.07) is 0. The average Bonchev–Trinajstić information content (AvgIpc) is 2.44. The monoisotopic (exact) mass is 338 g/mol. The minimum Gasteiger partial charge on any atom is -0.492 e. The fourth-order valence-corrected chi connectivity index (χ4v) is 4.27. The van der Waals surface area contributed by atoms with Crippen LogP contribution in [-0.2, 0) is 4.74 Å². The molecule has 2 atom stereocenters. The standard InChI is InChI=1S/C20H34O4/c1-13-8-14(17(2,3)4)15-20(9-13,18(5,6)7)16(24-15)19(10-21,11-22)12-23/h8,16,21-23H,9-12H2,1-7H3. The molecular formula is C20H34O4. The lowest BCUT2D eigenvalue weighted by Crippen LogP contribution is -2.68. The van der Waals surface area contributed by atoms with Crippen molar-refractivity contribution in [2.24, 2.45) is 21.7 Å². The predicted molar refractivity (Wildman–Crippen MR) is 95.3 cm³/mol. The number of hydrogen-bond acceptors (Lipinski definition) is 4. The van der Waals surface area contributed by atoms with E-state index in [0.717, 1.165) is 12.2 Å². The first-order chi connectivity index (χ1) is 10.9. The Bertz CT molecular complexity index is 547. The molecule has 0 radical (unpaired) electrons. The smallest absolute Gasteiger partial charge is 0.124 e. The van der Waals surface area contributed by atoms with Crippen molar-refractivity contribution in [2.45, 2.75) is 61.0 Å². The van der Waals surface area contributed by atoms with Crippen LogP contribution in [0.25, 0.3) is 0 Å². The molecule has 1 aliphatic heterocycles. The zero-order valence-electron chi connectivity index (χ0n) is 16.2. The highest BCUT2D eigenvalue weighted by Crippen LogP contribution is 2.67. The third-order valence-electron chi connectivity index (χ3n) is 5.93. The van der Waals surface area contributed by atoms with Crippen LogP contribution in [-0.4, -0.2) is 41.2 Å². The van der Waals surface area contributed by atoms with E-state index in [0.29, 0.717) is 0 Å². The van der Waals surface area contributed by atoms with Crippen LogP contribution in [0.3, 0.4) is 0 Å². The van der Waals surface area contributed by atoms with E-state index in [1.165, 1.54) is 11.1 Å². The van der Waals surface area contributed by atoms with E-state index in [-0.39, 0.29) is 36.1 Å². The topological polar surface area (TPSA) is 69.9 Å². The third kappa shape index (κ3) is 2.54. The molecule has 3 N–H and O–H groups in total. The predicted octanol–water partition coefficient (Wildman–Crippen LogP) is 3.03. The second-order valence-electron chi connectivity index (χ2n) is 9.72. The van der Waals surface area contributed by atoms with Gasteiger partial charge in [-0.3, -0.25) is 0 Å². The van der Waals surface area contributed by atoms with Gasteiger partial charge in [-0.2, -0.15) is 0 Å².